The van der Waals surface area contributed by atoms with E-state index >= 15 is 0 Å². The summed E-state index contributed by atoms with van der Waals surface area (Å²) in [6, 6.07) is 0. The molecule has 1 fully saturated rings. The average molecular weight is 270 g/mol. The van der Waals surface area contributed by atoms with Gasteiger partial charge in [0.2, 0.25) is 0 Å². The van der Waals surface area contributed by atoms with Crippen LogP contribution in [-0.4, -0.2) is 28.7 Å². The third-order valence-corrected chi connectivity index (χ3v) is 3.57. The Balaban J connectivity index is 2.25. The van der Waals surface area contributed by atoms with Crippen molar-refractivity contribution in [2.75, 3.05) is 18.5 Å². The van der Waals surface area contributed by atoms with Gasteiger partial charge < -0.3 is 10.1 Å². The second-order valence-corrected chi connectivity index (χ2v) is 5.78. The van der Waals surface area contributed by atoms with Crippen molar-refractivity contribution in [2.45, 2.75) is 45.1 Å². The van der Waals surface area contributed by atoms with Crippen molar-refractivity contribution in [3.8, 4) is 0 Å². The van der Waals surface area contributed by atoms with Crippen LogP contribution in [0.25, 0.3) is 0 Å². The first-order valence-electron chi connectivity index (χ1n) is 6.38. The van der Waals surface area contributed by atoms with Gasteiger partial charge in [-0.15, -0.1) is 0 Å². The van der Waals surface area contributed by atoms with Crippen molar-refractivity contribution in [1.29, 1.82) is 0 Å². The second kappa shape index (κ2) is 5.41. The molecule has 1 unspecified atom stereocenters. The van der Waals surface area contributed by atoms with Gasteiger partial charge in [-0.2, -0.15) is 0 Å². The summed E-state index contributed by atoms with van der Waals surface area (Å²) in [4.78, 5) is 8.40. The highest BCUT2D eigenvalue weighted by atomic mass is 35.5. The van der Waals surface area contributed by atoms with Gasteiger partial charge in [0.25, 0.3) is 0 Å². The maximum Gasteiger partial charge on any atom is 0.138 e. The number of rotatable bonds is 3. The second-order valence-electron chi connectivity index (χ2n) is 5.42. The van der Waals surface area contributed by atoms with E-state index in [-0.39, 0.29) is 11.5 Å². The molecule has 0 aromatic carbocycles. The lowest BCUT2D eigenvalue weighted by atomic mass is 9.94. The largest absolute Gasteiger partial charge is 0.379 e. The van der Waals surface area contributed by atoms with E-state index in [0.717, 1.165) is 30.8 Å². The molecule has 18 heavy (non-hydrogen) atoms. The average Bonchev–Trinajstić information content (AvgIpc) is 2.28. The molecule has 0 amide bonds. The first kappa shape index (κ1) is 13.6. The first-order chi connectivity index (χ1) is 8.52. The fourth-order valence-electron chi connectivity index (χ4n) is 2.30. The van der Waals surface area contributed by atoms with Crippen LogP contribution in [0.15, 0.2) is 6.33 Å². The Hall–Kier alpha value is -0.870. The highest BCUT2D eigenvalue weighted by molar-refractivity contribution is 6.30. The standard InChI is InChI=1S/C13H20ClN3O/c1-9(2)10-11(14)15-8-16-12(10)17-13(3)5-4-6-18-7-13/h8-9H,4-7H2,1-3H3,(H,15,16,17). The molecule has 0 aliphatic carbocycles. The molecule has 0 saturated carbocycles. The molecule has 5 heteroatoms. The van der Waals surface area contributed by atoms with E-state index in [9.17, 15) is 0 Å². The van der Waals surface area contributed by atoms with Crippen LogP contribution >= 0.6 is 11.6 Å². The summed E-state index contributed by atoms with van der Waals surface area (Å²) in [5, 5.41) is 4.02. The lowest BCUT2D eigenvalue weighted by molar-refractivity contribution is 0.0538. The molecule has 2 rings (SSSR count). The monoisotopic (exact) mass is 269 g/mol. The molecule has 1 N–H and O–H groups in total. The molecule has 1 aliphatic rings. The van der Waals surface area contributed by atoms with E-state index in [0.29, 0.717) is 11.8 Å². The molecule has 1 saturated heterocycles. The SMILES string of the molecule is CC(C)c1c(Cl)ncnc1NC1(C)CCCOC1. The summed E-state index contributed by atoms with van der Waals surface area (Å²) in [5.74, 6) is 1.12. The summed E-state index contributed by atoms with van der Waals surface area (Å²) >= 11 is 6.17. The number of anilines is 1. The number of halogens is 1. The maximum atomic E-state index is 6.17. The molecular formula is C13H20ClN3O. The minimum atomic E-state index is -0.0699. The van der Waals surface area contributed by atoms with Crippen molar-refractivity contribution in [1.82, 2.24) is 9.97 Å². The molecule has 2 heterocycles. The van der Waals surface area contributed by atoms with Crippen LogP contribution in [0.3, 0.4) is 0 Å². The predicted octanol–water partition coefficient (Wildman–Crippen LogP) is 3.23. The topological polar surface area (TPSA) is 47.0 Å². The summed E-state index contributed by atoms with van der Waals surface area (Å²) < 4.78 is 5.55. The van der Waals surface area contributed by atoms with Crippen LogP contribution < -0.4 is 5.32 Å². The third-order valence-electron chi connectivity index (χ3n) is 3.27. The number of ether oxygens (including phenoxy) is 1. The summed E-state index contributed by atoms with van der Waals surface area (Å²) in [6.07, 6.45) is 3.65. The smallest absolute Gasteiger partial charge is 0.138 e. The van der Waals surface area contributed by atoms with Gasteiger partial charge in [0.15, 0.2) is 0 Å². The number of nitrogens with one attached hydrogen (secondary N) is 1. The molecule has 1 aromatic heterocycles. The van der Waals surface area contributed by atoms with Gasteiger partial charge in [-0.05, 0) is 25.7 Å². The van der Waals surface area contributed by atoms with E-state index in [2.05, 4.69) is 36.1 Å². The van der Waals surface area contributed by atoms with E-state index < -0.39 is 0 Å². The Morgan fingerprint density at radius 1 is 1.44 bits per heavy atom. The van der Waals surface area contributed by atoms with Crippen molar-refractivity contribution in [3.05, 3.63) is 17.0 Å². The van der Waals surface area contributed by atoms with Crippen LogP contribution in [-0.2, 0) is 4.74 Å². The number of aromatic nitrogens is 2. The minimum absolute atomic E-state index is 0.0699. The molecule has 0 bridgehead atoms. The molecule has 4 nitrogen and oxygen atoms in total. The summed E-state index contributed by atoms with van der Waals surface area (Å²) in [7, 11) is 0. The Morgan fingerprint density at radius 2 is 2.22 bits per heavy atom. The van der Waals surface area contributed by atoms with Gasteiger partial charge in [0, 0.05) is 12.2 Å². The molecule has 0 radical (unpaired) electrons. The van der Waals surface area contributed by atoms with Gasteiger partial charge in [-0.3, -0.25) is 0 Å². The van der Waals surface area contributed by atoms with Crippen molar-refractivity contribution >= 4 is 17.4 Å². The molecule has 1 aliphatic heterocycles. The third kappa shape index (κ3) is 2.93. The number of nitrogens with zero attached hydrogens (tertiary/aromatic N) is 2. The van der Waals surface area contributed by atoms with Crippen molar-refractivity contribution in [3.63, 3.8) is 0 Å². The van der Waals surface area contributed by atoms with E-state index in [1.54, 1.807) is 0 Å². The van der Waals surface area contributed by atoms with Gasteiger partial charge in [-0.1, -0.05) is 25.4 Å². The minimum Gasteiger partial charge on any atom is -0.379 e. The molecule has 100 valence electrons. The van der Waals surface area contributed by atoms with Crippen LogP contribution in [0, 0.1) is 0 Å². The molecule has 1 aromatic rings. The Kier molecular flexibility index (Phi) is 4.07. The molecule has 1 atom stereocenters. The molecular weight excluding hydrogens is 250 g/mol. The maximum absolute atomic E-state index is 6.17. The van der Waals surface area contributed by atoms with Gasteiger partial charge in [0.05, 0.1) is 12.1 Å². The lowest BCUT2D eigenvalue weighted by Gasteiger charge is -2.35. The summed E-state index contributed by atoms with van der Waals surface area (Å²) in [5.41, 5.74) is 0.908. The van der Waals surface area contributed by atoms with Crippen LogP contribution in [0.5, 0.6) is 0 Å². The fourth-order valence-corrected chi connectivity index (χ4v) is 2.66. The zero-order valence-corrected chi connectivity index (χ0v) is 11.9. The zero-order valence-electron chi connectivity index (χ0n) is 11.2. The first-order valence-corrected chi connectivity index (χ1v) is 6.76. The highest BCUT2D eigenvalue weighted by Gasteiger charge is 2.29. The van der Waals surface area contributed by atoms with Crippen molar-refractivity contribution < 1.29 is 4.74 Å². The predicted molar refractivity (Wildman–Crippen MR) is 73.2 cm³/mol. The van der Waals surface area contributed by atoms with E-state index in [1.807, 2.05) is 0 Å². The summed E-state index contributed by atoms with van der Waals surface area (Å²) in [6.45, 7) is 7.89. The van der Waals surface area contributed by atoms with E-state index in [4.69, 9.17) is 16.3 Å². The quantitative estimate of drug-likeness (QED) is 0.856. The zero-order chi connectivity index (χ0) is 13.2. The van der Waals surface area contributed by atoms with Crippen LogP contribution in [0.2, 0.25) is 5.15 Å². The Labute approximate surface area is 113 Å². The normalized spacial score (nSPS) is 24.3. The number of hydrogen-bond acceptors (Lipinski definition) is 4. The Bertz CT molecular complexity index is 417. The van der Waals surface area contributed by atoms with Gasteiger partial charge >= 0.3 is 0 Å². The molecule has 0 spiro atoms. The Morgan fingerprint density at radius 3 is 2.83 bits per heavy atom. The van der Waals surface area contributed by atoms with Gasteiger partial charge in [0.1, 0.15) is 17.3 Å². The van der Waals surface area contributed by atoms with Gasteiger partial charge in [-0.25, -0.2) is 9.97 Å². The number of hydrogen-bond donors (Lipinski definition) is 1. The van der Waals surface area contributed by atoms with E-state index in [1.165, 1.54) is 6.33 Å². The highest BCUT2D eigenvalue weighted by Crippen LogP contribution is 2.31. The lowest BCUT2D eigenvalue weighted by Crippen LogP contribution is -2.43. The van der Waals surface area contributed by atoms with Crippen LogP contribution in [0.1, 0.15) is 45.1 Å². The fraction of sp³-hybridized carbons (Fsp3) is 0.692. The van der Waals surface area contributed by atoms with Crippen LogP contribution in [0.4, 0.5) is 5.82 Å². The van der Waals surface area contributed by atoms with Crippen molar-refractivity contribution in [2.24, 2.45) is 0 Å².